The molecular formula is C12H16N2O2. The molecule has 4 nitrogen and oxygen atoms in total. The largest absolute Gasteiger partial charge is 0.347 e. The second-order valence-corrected chi connectivity index (χ2v) is 4.66. The van der Waals surface area contributed by atoms with E-state index in [1.807, 2.05) is 5.06 Å². The van der Waals surface area contributed by atoms with Gasteiger partial charge in [0.1, 0.15) is 5.78 Å². The Morgan fingerprint density at radius 1 is 1.62 bits per heavy atom. The number of rotatable bonds is 3. The molecule has 3 rings (SSSR count). The van der Waals surface area contributed by atoms with Crippen LogP contribution in [0.3, 0.4) is 0 Å². The maximum absolute atomic E-state index is 11.0. The van der Waals surface area contributed by atoms with Gasteiger partial charge < -0.3 is 4.57 Å². The van der Waals surface area contributed by atoms with E-state index >= 15 is 0 Å². The fourth-order valence-corrected chi connectivity index (χ4v) is 2.64. The van der Waals surface area contributed by atoms with E-state index in [0.29, 0.717) is 19.0 Å². The third-order valence-electron chi connectivity index (χ3n) is 3.41. The quantitative estimate of drug-likeness (QED) is 0.774. The molecule has 2 atom stereocenters. The molecule has 0 N–H and O–H groups in total. The summed E-state index contributed by atoms with van der Waals surface area (Å²) in [6.45, 7) is 3.28. The second-order valence-electron chi connectivity index (χ2n) is 4.66. The number of Topliss-reactive ketones (excluding diaryl/α,β-unsaturated/α-hetero) is 1. The van der Waals surface area contributed by atoms with E-state index < -0.39 is 0 Å². The minimum atomic E-state index is 0.223. The first-order valence-corrected chi connectivity index (χ1v) is 5.82. The van der Waals surface area contributed by atoms with Gasteiger partial charge in [-0.3, -0.25) is 9.63 Å². The minimum Gasteiger partial charge on any atom is -0.347 e. The Balaban J connectivity index is 1.77. The summed E-state index contributed by atoms with van der Waals surface area (Å²) in [7, 11) is 0. The van der Waals surface area contributed by atoms with Gasteiger partial charge in [-0.2, -0.15) is 5.06 Å². The fraction of sp³-hybridized carbons (Fsp3) is 0.583. The van der Waals surface area contributed by atoms with Crippen molar-refractivity contribution in [3.8, 4) is 0 Å². The van der Waals surface area contributed by atoms with Crippen molar-refractivity contribution in [3.63, 3.8) is 0 Å². The SMILES string of the molecule is CC(=O)CCN1O[C@@H]2C[C@H]1c1cccn1C2. The topological polar surface area (TPSA) is 34.5 Å². The van der Waals surface area contributed by atoms with Crippen LogP contribution >= 0.6 is 0 Å². The van der Waals surface area contributed by atoms with Gasteiger partial charge in [0.15, 0.2) is 0 Å². The van der Waals surface area contributed by atoms with Crippen LogP contribution in [-0.4, -0.2) is 28.1 Å². The zero-order valence-corrected chi connectivity index (χ0v) is 9.43. The molecule has 0 radical (unpaired) electrons. The molecular weight excluding hydrogens is 204 g/mol. The van der Waals surface area contributed by atoms with Crippen LogP contribution in [0.15, 0.2) is 18.3 Å². The predicted octanol–water partition coefficient (Wildman–Crippen LogP) is 1.53. The Kier molecular flexibility index (Phi) is 2.33. The Morgan fingerprint density at radius 2 is 2.50 bits per heavy atom. The first-order valence-electron chi connectivity index (χ1n) is 5.82. The number of nitrogens with zero attached hydrogens (tertiary/aromatic N) is 2. The molecule has 0 saturated carbocycles. The molecule has 4 heteroatoms. The molecule has 86 valence electrons. The van der Waals surface area contributed by atoms with Gasteiger partial charge in [-0.15, -0.1) is 0 Å². The van der Waals surface area contributed by atoms with E-state index in [4.69, 9.17) is 4.84 Å². The van der Waals surface area contributed by atoms with E-state index in [1.165, 1.54) is 5.69 Å². The van der Waals surface area contributed by atoms with Gasteiger partial charge in [0.2, 0.25) is 0 Å². The highest BCUT2D eigenvalue weighted by atomic mass is 16.7. The molecule has 0 spiro atoms. The van der Waals surface area contributed by atoms with Crippen molar-refractivity contribution in [1.82, 2.24) is 9.63 Å². The van der Waals surface area contributed by atoms with Gasteiger partial charge in [-0.25, -0.2) is 0 Å². The van der Waals surface area contributed by atoms with Gasteiger partial charge in [0.05, 0.1) is 18.7 Å². The van der Waals surface area contributed by atoms with Crippen molar-refractivity contribution >= 4 is 5.78 Å². The van der Waals surface area contributed by atoms with Crippen LogP contribution in [0.4, 0.5) is 0 Å². The summed E-state index contributed by atoms with van der Waals surface area (Å²) < 4.78 is 2.26. The van der Waals surface area contributed by atoms with E-state index in [1.54, 1.807) is 6.92 Å². The van der Waals surface area contributed by atoms with Crippen LogP contribution in [0.25, 0.3) is 0 Å². The van der Waals surface area contributed by atoms with Gasteiger partial charge in [0.25, 0.3) is 0 Å². The van der Waals surface area contributed by atoms with Crippen molar-refractivity contribution in [3.05, 3.63) is 24.0 Å². The van der Waals surface area contributed by atoms with Crippen LogP contribution in [0.2, 0.25) is 0 Å². The minimum absolute atomic E-state index is 0.223. The van der Waals surface area contributed by atoms with Crippen LogP contribution in [0, 0.1) is 0 Å². The monoisotopic (exact) mass is 220 g/mol. The summed E-state index contributed by atoms with van der Waals surface area (Å²) in [6.07, 6.45) is 4.02. The highest BCUT2D eigenvalue weighted by Crippen LogP contribution is 2.38. The van der Waals surface area contributed by atoms with Gasteiger partial charge >= 0.3 is 0 Å². The predicted molar refractivity (Wildman–Crippen MR) is 58.7 cm³/mol. The molecule has 1 saturated heterocycles. The smallest absolute Gasteiger partial charge is 0.131 e. The van der Waals surface area contributed by atoms with Crippen molar-refractivity contribution in [2.75, 3.05) is 6.54 Å². The van der Waals surface area contributed by atoms with Crippen LogP contribution in [-0.2, 0) is 16.2 Å². The van der Waals surface area contributed by atoms with Crippen molar-refractivity contribution in [2.24, 2.45) is 0 Å². The number of hydroxylamine groups is 2. The Bertz CT molecular complexity index is 413. The molecule has 3 heterocycles. The van der Waals surface area contributed by atoms with Crippen molar-refractivity contribution in [2.45, 2.75) is 38.5 Å². The van der Waals surface area contributed by atoms with Crippen LogP contribution in [0.5, 0.6) is 0 Å². The normalized spacial score (nSPS) is 28.1. The molecule has 16 heavy (non-hydrogen) atoms. The molecule has 0 amide bonds. The molecule has 0 aromatic carbocycles. The average Bonchev–Trinajstić information content (AvgIpc) is 2.82. The maximum atomic E-state index is 11.0. The van der Waals surface area contributed by atoms with Gasteiger partial charge in [0, 0.05) is 31.3 Å². The number of carbonyl (C=O) groups is 1. The molecule has 2 bridgehead atoms. The molecule has 1 fully saturated rings. The first kappa shape index (κ1) is 10.1. The highest BCUT2D eigenvalue weighted by Gasteiger charge is 2.39. The Morgan fingerprint density at radius 3 is 3.31 bits per heavy atom. The number of fused-ring (bicyclic) bond motifs is 4. The van der Waals surface area contributed by atoms with Crippen molar-refractivity contribution < 1.29 is 9.63 Å². The summed E-state index contributed by atoms with van der Waals surface area (Å²) in [4.78, 5) is 16.8. The van der Waals surface area contributed by atoms with Gasteiger partial charge in [-0.1, -0.05) is 0 Å². The first-order chi connectivity index (χ1) is 7.74. The second kappa shape index (κ2) is 3.71. The molecule has 0 aliphatic carbocycles. The summed E-state index contributed by atoms with van der Waals surface area (Å²) >= 11 is 0. The number of hydrogen-bond donors (Lipinski definition) is 0. The molecule has 1 aromatic heterocycles. The van der Waals surface area contributed by atoms with E-state index in [2.05, 4.69) is 22.9 Å². The third-order valence-corrected chi connectivity index (χ3v) is 3.41. The van der Waals surface area contributed by atoms with Crippen LogP contribution in [0.1, 0.15) is 31.5 Å². The Hall–Kier alpha value is -1.13. The molecule has 2 aliphatic heterocycles. The summed E-state index contributed by atoms with van der Waals surface area (Å²) in [5, 5.41) is 1.99. The van der Waals surface area contributed by atoms with E-state index in [-0.39, 0.29) is 11.9 Å². The van der Waals surface area contributed by atoms with Crippen molar-refractivity contribution in [1.29, 1.82) is 0 Å². The lowest BCUT2D eigenvalue weighted by Crippen LogP contribution is -2.25. The van der Waals surface area contributed by atoms with Crippen LogP contribution < -0.4 is 0 Å². The average molecular weight is 220 g/mol. The lowest BCUT2D eigenvalue weighted by Gasteiger charge is -2.22. The fourth-order valence-electron chi connectivity index (χ4n) is 2.64. The summed E-state index contributed by atoms with van der Waals surface area (Å²) in [5.41, 5.74) is 1.32. The number of ketones is 1. The standard InChI is InChI=1S/C12H16N2O2/c1-9(15)4-6-14-12-7-10(16-14)8-13-5-2-3-11(12)13/h2-3,5,10,12H,4,6-8H2,1H3/t10-,12+/m1/s1. The molecule has 1 aromatic rings. The zero-order valence-electron chi connectivity index (χ0n) is 9.43. The Labute approximate surface area is 94.7 Å². The lowest BCUT2D eigenvalue weighted by atomic mass is 10.0. The molecule has 0 unspecified atom stereocenters. The zero-order chi connectivity index (χ0) is 11.1. The maximum Gasteiger partial charge on any atom is 0.131 e. The molecule has 2 aliphatic rings. The summed E-state index contributed by atoms with van der Waals surface area (Å²) in [6, 6.07) is 4.57. The van der Waals surface area contributed by atoms with Gasteiger partial charge in [-0.05, 0) is 19.1 Å². The third kappa shape index (κ3) is 1.58. The number of carbonyl (C=O) groups excluding carboxylic acids is 1. The van der Waals surface area contributed by atoms with E-state index in [0.717, 1.165) is 13.0 Å². The van der Waals surface area contributed by atoms with E-state index in [9.17, 15) is 4.79 Å². The lowest BCUT2D eigenvalue weighted by molar-refractivity contribution is -0.162. The summed E-state index contributed by atoms with van der Waals surface area (Å²) in [5.74, 6) is 0.223. The number of aromatic nitrogens is 1. The number of hydrogen-bond acceptors (Lipinski definition) is 3. The highest BCUT2D eigenvalue weighted by molar-refractivity contribution is 5.75.